The van der Waals surface area contributed by atoms with Gasteiger partial charge in [-0.1, -0.05) is 12.1 Å². The number of likely N-dealkylation sites (tertiary alicyclic amines) is 1. The minimum Gasteiger partial charge on any atom is -0.370 e. The Morgan fingerprint density at radius 3 is 2.35 bits per heavy atom. The maximum Gasteiger partial charge on any atom is 0.291 e. The fourth-order valence-electron chi connectivity index (χ4n) is 4.47. The molecule has 0 spiro atoms. The van der Waals surface area contributed by atoms with Crippen LogP contribution >= 0.6 is 0 Å². The normalized spacial score (nSPS) is 17.3. The first-order valence-corrected chi connectivity index (χ1v) is 11.0. The first-order chi connectivity index (χ1) is 15.0. The first kappa shape index (κ1) is 21.3. The van der Waals surface area contributed by atoms with Crippen LogP contribution in [0, 0.1) is 11.7 Å². The van der Waals surface area contributed by atoms with Crippen LogP contribution in [-0.4, -0.2) is 57.7 Å². The van der Waals surface area contributed by atoms with E-state index in [1.807, 2.05) is 9.47 Å². The molecular weight excluding hydrogens is 399 g/mol. The molecule has 2 aliphatic heterocycles. The van der Waals surface area contributed by atoms with Crippen molar-refractivity contribution < 1.29 is 14.0 Å². The zero-order chi connectivity index (χ0) is 21.8. The molecule has 3 heterocycles. The molecule has 2 amide bonds. The van der Waals surface area contributed by atoms with Crippen LogP contribution < -0.4 is 10.6 Å². The van der Waals surface area contributed by atoms with Crippen LogP contribution in [0.25, 0.3) is 0 Å². The average Bonchev–Trinajstić information content (AvgIpc) is 3.43. The number of nitrogens with zero attached hydrogens (tertiary/aromatic N) is 5. The van der Waals surface area contributed by atoms with E-state index in [0.717, 1.165) is 57.4 Å². The number of carbonyl (C=O) groups excluding carboxylic acids is 2. The van der Waals surface area contributed by atoms with Crippen molar-refractivity contribution in [2.45, 2.75) is 45.1 Å². The molecule has 0 saturated carbocycles. The number of carbonyl (C=O) groups is 2. The molecular formula is C22H29FN6O2. The summed E-state index contributed by atoms with van der Waals surface area (Å²) in [5.74, 6) is 0.714. The largest absolute Gasteiger partial charge is 0.370 e. The van der Waals surface area contributed by atoms with Gasteiger partial charge in [-0.05, 0) is 55.7 Å². The summed E-state index contributed by atoms with van der Waals surface area (Å²) < 4.78 is 15.2. The predicted molar refractivity (Wildman–Crippen MR) is 114 cm³/mol. The highest BCUT2D eigenvalue weighted by Crippen LogP contribution is 2.25. The Morgan fingerprint density at radius 1 is 1.03 bits per heavy atom. The van der Waals surface area contributed by atoms with Gasteiger partial charge in [0.2, 0.25) is 17.7 Å². The third-order valence-corrected chi connectivity index (χ3v) is 6.24. The number of aryl methyl sites for hydroxylation is 1. The molecule has 2 fully saturated rings. The zero-order valence-electron chi connectivity index (χ0n) is 17.7. The maximum absolute atomic E-state index is 13.2. The maximum atomic E-state index is 13.2. The Bertz CT molecular complexity index is 915. The Balaban J connectivity index is 1.53. The van der Waals surface area contributed by atoms with Crippen LogP contribution in [0.3, 0.4) is 0 Å². The summed E-state index contributed by atoms with van der Waals surface area (Å²) in [6, 6.07) is 6.41. The van der Waals surface area contributed by atoms with Crippen molar-refractivity contribution in [1.29, 1.82) is 0 Å². The van der Waals surface area contributed by atoms with Gasteiger partial charge < -0.3 is 15.5 Å². The van der Waals surface area contributed by atoms with E-state index in [0.29, 0.717) is 31.2 Å². The monoisotopic (exact) mass is 428 g/mol. The van der Waals surface area contributed by atoms with Crippen molar-refractivity contribution in [1.82, 2.24) is 19.7 Å². The van der Waals surface area contributed by atoms with Crippen molar-refractivity contribution in [2.24, 2.45) is 11.7 Å². The number of rotatable bonds is 7. The number of anilines is 1. The van der Waals surface area contributed by atoms with Gasteiger partial charge in [-0.25, -0.2) is 4.39 Å². The van der Waals surface area contributed by atoms with Crippen LogP contribution in [-0.2, 0) is 17.8 Å². The molecule has 8 nitrogen and oxygen atoms in total. The third kappa shape index (κ3) is 5.03. The molecule has 2 saturated heterocycles. The van der Waals surface area contributed by atoms with Gasteiger partial charge in [0.05, 0.1) is 0 Å². The van der Waals surface area contributed by atoms with Gasteiger partial charge in [-0.3, -0.25) is 14.2 Å². The topological polar surface area (TPSA) is 97.3 Å². The number of benzene rings is 1. The zero-order valence-corrected chi connectivity index (χ0v) is 17.7. The summed E-state index contributed by atoms with van der Waals surface area (Å²) in [5.41, 5.74) is 6.34. The highest BCUT2D eigenvalue weighted by Gasteiger charge is 2.29. The average molecular weight is 429 g/mol. The van der Waals surface area contributed by atoms with E-state index < -0.39 is 0 Å². The lowest BCUT2D eigenvalue weighted by molar-refractivity contribution is -0.119. The standard InChI is InChI=1S/C22H29FN6O2/c23-18-5-3-16(4-6-18)9-14-29-20(21(31)27-10-1-2-11-27)25-26-22(29)28-12-7-17(8-13-28)15-19(24)30/h3-6,17H,1-2,7-15H2,(H2,24,30). The molecule has 0 unspecified atom stereocenters. The minimum atomic E-state index is -0.266. The summed E-state index contributed by atoms with van der Waals surface area (Å²) in [7, 11) is 0. The number of nitrogens with two attached hydrogens (primary N) is 1. The van der Waals surface area contributed by atoms with E-state index in [2.05, 4.69) is 15.1 Å². The van der Waals surface area contributed by atoms with Crippen LogP contribution in [0.5, 0.6) is 0 Å². The van der Waals surface area contributed by atoms with Crippen LogP contribution in [0.2, 0.25) is 0 Å². The number of piperidine rings is 1. The van der Waals surface area contributed by atoms with Crippen molar-refractivity contribution in [3.8, 4) is 0 Å². The molecule has 9 heteroatoms. The molecule has 2 aromatic rings. The van der Waals surface area contributed by atoms with Gasteiger partial charge in [0, 0.05) is 39.1 Å². The summed E-state index contributed by atoms with van der Waals surface area (Å²) in [4.78, 5) is 28.3. The number of primary amides is 1. The number of amides is 2. The van der Waals surface area contributed by atoms with Crippen LogP contribution in [0.15, 0.2) is 24.3 Å². The van der Waals surface area contributed by atoms with E-state index >= 15 is 0 Å². The third-order valence-electron chi connectivity index (χ3n) is 6.24. The number of halogens is 1. The molecule has 0 radical (unpaired) electrons. The van der Waals surface area contributed by atoms with Gasteiger partial charge in [0.25, 0.3) is 5.91 Å². The van der Waals surface area contributed by atoms with Crippen molar-refractivity contribution >= 4 is 17.8 Å². The second-order valence-electron chi connectivity index (χ2n) is 8.45. The van der Waals surface area contributed by atoms with E-state index in [1.165, 1.54) is 12.1 Å². The lowest BCUT2D eigenvalue weighted by atomic mass is 9.93. The van der Waals surface area contributed by atoms with Crippen molar-refractivity contribution in [2.75, 3.05) is 31.1 Å². The Kier molecular flexibility index (Phi) is 6.48. The number of hydrogen-bond donors (Lipinski definition) is 1. The summed E-state index contributed by atoms with van der Waals surface area (Å²) in [6.45, 7) is 3.51. The molecule has 2 aliphatic rings. The Hall–Kier alpha value is -2.97. The van der Waals surface area contributed by atoms with Crippen molar-refractivity contribution in [3.63, 3.8) is 0 Å². The van der Waals surface area contributed by atoms with Gasteiger partial charge in [-0.15, -0.1) is 10.2 Å². The molecule has 2 N–H and O–H groups in total. The Morgan fingerprint density at radius 2 is 1.71 bits per heavy atom. The smallest absolute Gasteiger partial charge is 0.291 e. The molecule has 0 atom stereocenters. The fraction of sp³-hybridized carbons (Fsp3) is 0.545. The van der Waals surface area contributed by atoms with Gasteiger partial charge in [0.1, 0.15) is 5.82 Å². The van der Waals surface area contributed by atoms with E-state index in [9.17, 15) is 14.0 Å². The minimum absolute atomic E-state index is 0.0843. The molecule has 31 heavy (non-hydrogen) atoms. The highest BCUT2D eigenvalue weighted by molar-refractivity contribution is 5.91. The molecule has 0 bridgehead atoms. The quantitative estimate of drug-likeness (QED) is 0.727. The SMILES string of the molecule is NC(=O)CC1CCN(c2nnc(C(=O)N3CCCC3)n2CCc2ccc(F)cc2)CC1. The summed E-state index contributed by atoms with van der Waals surface area (Å²) in [5, 5.41) is 8.66. The highest BCUT2D eigenvalue weighted by atomic mass is 19.1. The molecule has 4 rings (SSSR count). The van der Waals surface area contributed by atoms with Crippen LogP contribution in [0.1, 0.15) is 48.3 Å². The first-order valence-electron chi connectivity index (χ1n) is 11.0. The van der Waals surface area contributed by atoms with Crippen LogP contribution in [0.4, 0.5) is 10.3 Å². The molecule has 1 aromatic heterocycles. The Labute approximate surface area is 181 Å². The fourth-order valence-corrected chi connectivity index (χ4v) is 4.47. The van der Waals surface area contributed by atoms with E-state index in [1.54, 1.807) is 12.1 Å². The molecule has 0 aliphatic carbocycles. The second-order valence-corrected chi connectivity index (χ2v) is 8.45. The van der Waals surface area contributed by atoms with Gasteiger partial charge in [0.15, 0.2) is 0 Å². The van der Waals surface area contributed by atoms with E-state index in [-0.39, 0.29) is 23.5 Å². The van der Waals surface area contributed by atoms with Gasteiger partial charge in [-0.2, -0.15) is 0 Å². The predicted octanol–water partition coefficient (Wildman–Crippen LogP) is 1.99. The summed E-state index contributed by atoms with van der Waals surface area (Å²) in [6.07, 6.45) is 4.77. The van der Waals surface area contributed by atoms with Gasteiger partial charge >= 0.3 is 0 Å². The lowest BCUT2D eigenvalue weighted by Gasteiger charge is -2.32. The lowest BCUT2D eigenvalue weighted by Crippen LogP contribution is -2.37. The van der Waals surface area contributed by atoms with E-state index in [4.69, 9.17) is 5.73 Å². The molecule has 166 valence electrons. The number of hydrogen-bond acceptors (Lipinski definition) is 5. The number of aromatic nitrogens is 3. The van der Waals surface area contributed by atoms with Crippen molar-refractivity contribution in [3.05, 3.63) is 41.5 Å². The second kappa shape index (κ2) is 9.45. The molecule has 1 aromatic carbocycles. The summed E-state index contributed by atoms with van der Waals surface area (Å²) >= 11 is 0.